The van der Waals surface area contributed by atoms with E-state index in [0.29, 0.717) is 12.0 Å². The van der Waals surface area contributed by atoms with Gasteiger partial charge in [0.25, 0.3) is 0 Å². The molecular weight excluding hydrogens is 234 g/mol. The van der Waals surface area contributed by atoms with Gasteiger partial charge in [-0.15, -0.1) is 0 Å². The molecule has 1 aromatic heterocycles. The molecule has 2 rings (SSSR count). The highest BCUT2D eigenvalue weighted by Crippen LogP contribution is 2.21. The molecule has 0 radical (unpaired) electrons. The molecule has 0 aliphatic rings. The summed E-state index contributed by atoms with van der Waals surface area (Å²) in [5.74, 6) is -0.508. The van der Waals surface area contributed by atoms with Crippen molar-refractivity contribution < 1.29 is 9.72 Å². The number of amides is 1. The van der Waals surface area contributed by atoms with Crippen molar-refractivity contribution >= 4 is 16.8 Å². The van der Waals surface area contributed by atoms with Crippen LogP contribution in [-0.4, -0.2) is 21.9 Å². The number of fused-ring (bicyclic) bond motifs is 1. The average Bonchev–Trinajstić information content (AvgIpc) is 2.71. The van der Waals surface area contributed by atoms with E-state index in [4.69, 9.17) is 5.73 Å². The number of aromatic amines is 1. The molecular formula is C12H13N3O3. The maximum absolute atomic E-state index is 11.1. The Morgan fingerprint density at radius 1 is 1.56 bits per heavy atom. The first kappa shape index (κ1) is 12.1. The van der Waals surface area contributed by atoms with Crippen molar-refractivity contribution in [2.75, 3.05) is 0 Å². The van der Waals surface area contributed by atoms with E-state index in [0.717, 1.165) is 16.5 Å². The van der Waals surface area contributed by atoms with E-state index in [2.05, 4.69) is 4.98 Å². The van der Waals surface area contributed by atoms with Gasteiger partial charge in [0.05, 0.1) is 0 Å². The summed E-state index contributed by atoms with van der Waals surface area (Å²) in [6, 6.07) is 4.37. The van der Waals surface area contributed by atoms with Gasteiger partial charge in [0.1, 0.15) is 0 Å². The number of benzene rings is 1. The molecule has 1 unspecified atom stereocenters. The second kappa shape index (κ2) is 4.48. The van der Waals surface area contributed by atoms with E-state index < -0.39 is 11.9 Å². The summed E-state index contributed by atoms with van der Waals surface area (Å²) < 4.78 is 0. The first-order chi connectivity index (χ1) is 8.49. The Hall–Kier alpha value is -2.37. The number of rotatable bonds is 4. The molecule has 0 fully saturated rings. The molecule has 0 saturated heterocycles. The number of hydrogen-bond donors (Lipinski definition) is 2. The van der Waals surface area contributed by atoms with Crippen LogP contribution in [0.4, 0.5) is 0 Å². The number of carbonyl (C=O) groups is 1. The first-order valence-corrected chi connectivity index (χ1v) is 5.52. The Balaban J connectivity index is 2.42. The summed E-state index contributed by atoms with van der Waals surface area (Å²) >= 11 is 0. The molecule has 3 N–H and O–H groups in total. The van der Waals surface area contributed by atoms with E-state index in [1.165, 1.54) is 0 Å². The number of nitro groups is 1. The fourth-order valence-electron chi connectivity index (χ4n) is 1.89. The van der Waals surface area contributed by atoms with Gasteiger partial charge < -0.3 is 10.7 Å². The maximum Gasteiger partial charge on any atom is 0.248 e. The van der Waals surface area contributed by atoms with Crippen molar-refractivity contribution in [2.24, 2.45) is 5.73 Å². The molecule has 6 heteroatoms. The van der Waals surface area contributed by atoms with Crippen molar-refractivity contribution in [2.45, 2.75) is 19.4 Å². The normalized spacial score (nSPS) is 12.5. The van der Waals surface area contributed by atoms with Crippen molar-refractivity contribution in [3.63, 3.8) is 0 Å². The fourth-order valence-corrected chi connectivity index (χ4v) is 1.89. The fraction of sp³-hybridized carbons (Fsp3) is 0.250. The van der Waals surface area contributed by atoms with Gasteiger partial charge in [-0.3, -0.25) is 14.9 Å². The van der Waals surface area contributed by atoms with Crippen molar-refractivity contribution in [1.29, 1.82) is 0 Å². The monoisotopic (exact) mass is 247 g/mol. The third-order valence-corrected chi connectivity index (χ3v) is 2.93. The largest absolute Gasteiger partial charge is 0.366 e. The lowest BCUT2D eigenvalue weighted by Gasteiger charge is -2.03. The summed E-state index contributed by atoms with van der Waals surface area (Å²) in [5, 5.41) is 11.5. The van der Waals surface area contributed by atoms with E-state index >= 15 is 0 Å². The van der Waals surface area contributed by atoms with E-state index in [9.17, 15) is 14.9 Å². The Morgan fingerprint density at radius 3 is 2.89 bits per heavy atom. The highest BCUT2D eigenvalue weighted by Gasteiger charge is 2.16. The van der Waals surface area contributed by atoms with Gasteiger partial charge in [-0.2, -0.15) is 0 Å². The number of nitrogens with two attached hydrogens (primary N) is 1. The number of H-pyrrole nitrogens is 1. The molecule has 94 valence electrons. The van der Waals surface area contributed by atoms with Crippen LogP contribution < -0.4 is 5.73 Å². The molecule has 1 heterocycles. The first-order valence-electron chi connectivity index (χ1n) is 5.52. The van der Waals surface area contributed by atoms with Gasteiger partial charge in [0.2, 0.25) is 11.9 Å². The molecule has 0 bridgehead atoms. The van der Waals surface area contributed by atoms with E-state index in [-0.39, 0.29) is 4.92 Å². The zero-order valence-electron chi connectivity index (χ0n) is 9.84. The standard InChI is InChI=1S/C12H13N3O3/c1-7(15(17)18)4-9-6-14-11-3-2-8(12(13)16)5-10(9)11/h2-3,5-7,14H,4H2,1H3,(H2,13,16). The Morgan fingerprint density at radius 2 is 2.28 bits per heavy atom. The van der Waals surface area contributed by atoms with Gasteiger partial charge in [-0.05, 0) is 23.8 Å². The van der Waals surface area contributed by atoms with E-state index in [1.54, 1.807) is 31.3 Å². The molecule has 0 spiro atoms. The van der Waals surface area contributed by atoms with Crippen LogP contribution in [0.3, 0.4) is 0 Å². The lowest BCUT2D eigenvalue weighted by atomic mass is 10.0. The van der Waals surface area contributed by atoms with E-state index in [1.807, 2.05) is 0 Å². The smallest absolute Gasteiger partial charge is 0.248 e. The zero-order chi connectivity index (χ0) is 13.3. The van der Waals surface area contributed by atoms with Crippen LogP contribution in [0, 0.1) is 10.1 Å². The lowest BCUT2D eigenvalue weighted by Crippen LogP contribution is -2.17. The average molecular weight is 247 g/mol. The highest BCUT2D eigenvalue weighted by atomic mass is 16.6. The van der Waals surface area contributed by atoms with Crippen LogP contribution in [0.25, 0.3) is 10.9 Å². The number of nitrogens with one attached hydrogen (secondary N) is 1. The van der Waals surface area contributed by atoms with Crippen LogP contribution in [0.15, 0.2) is 24.4 Å². The van der Waals surface area contributed by atoms with Crippen LogP contribution in [0.2, 0.25) is 0 Å². The lowest BCUT2D eigenvalue weighted by molar-refractivity contribution is -0.517. The molecule has 18 heavy (non-hydrogen) atoms. The van der Waals surface area contributed by atoms with Crippen LogP contribution in [0.1, 0.15) is 22.8 Å². The van der Waals surface area contributed by atoms with Crippen molar-refractivity contribution in [1.82, 2.24) is 4.98 Å². The Kier molecular flexibility index (Phi) is 3.01. The third kappa shape index (κ3) is 2.17. The van der Waals surface area contributed by atoms with Gasteiger partial charge in [0, 0.05) is 40.9 Å². The van der Waals surface area contributed by atoms with Crippen molar-refractivity contribution in [3.05, 3.63) is 45.6 Å². The van der Waals surface area contributed by atoms with Crippen LogP contribution in [0.5, 0.6) is 0 Å². The summed E-state index contributed by atoms with van der Waals surface area (Å²) in [7, 11) is 0. The van der Waals surface area contributed by atoms with Crippen LogP contribution in [-0.2, 0) is 6.42 Å². The number of hydrogen-bond acceptors (Lipinski definition) is 3. The summed E-state index contributed by atoms with van der Waals surface area (Å²) in [6.07, 6.45) is 2.05. The van der Waals surface area contributed by atoms with Gasteiger partial charge in [-0.1, -0.05) is 0 Å². The second-order valence-corrected chi connectivity index (χ2v) is 4.28. The van der Waals surface area contributed by atoms with Crippen LogP contribution >= 0.6 is 0 Å². The molecule has 1 amide bonds. The zero-order valence-corrected chi connectivity index (χ0v) is 9.84. The number of aromatic nitrogens is 1. The molecule has 0 saturated carbocycles. The molecule has 1 atom stereocenters. The minimum absolute atomic E-state index is 0.315. The minimum Gasteiger partial charge on any atom is -0.366 e. The van der Waals surface area contributed by atoms with Gasteiger partial charge in [0.15, 0.2) is 0 Å². The predicted octanol–water partition coefficient (Wildman–Crippen LogP) is 1.47. The number of carbonyl (C=O) groups excluding carboxylic acids is 1. The van der Waals surface area contributed by atoms with Crippen molar-refractivity contribution in [3.8, 4) is 0 Å². The quantitative estimate of drug-likeness (QED) is 0.631. The van der Waals surface area contributed by atoms with Gasteiger partial charge >= 0.3 is 0 Å². The summed E-state index contributed by atoms with van der Waals surface area (Å²) in [5.41, 5.74) is 7.27. The SMILES string of the molecule is CC(Cc1c[nH]c2ccc(C(N)=O)cc12)[N+](=O)[O-]. The third-order valence-electron chi connectivity index (χ3n) is 2.93. The molecule has 6 nitrogen and oxygen atoms in total. The molecule has 0 aliphatic heterocycles. The topological polar surface area (TPSA) is 102 Å². The molecule has 1 aromatic carbocycles. The minimum atomic E-state index is -0.666. The van der Waals surface area contributed by atoms with Gasteiger partial charge in [-0.25, -0.2) is 0 Å². The summed E-state index contributed by atoms with van der Waals surface area (Å²) in [6.45, 7) is 1.55. The number of primary amides is 1. The number of nitrogens with zero attached hydrogens (tertiary/aromatic N) is 1. The second-order valence-electron chi connectivity index (χ2n) is 4.28. The maximum atomic E-state index is 11.1. The Labute approximate surface area is 103 Å². The summed E-state index contributed by atoms with van der Waals surface area (Å²) in [4.78, 5) is 24.5. The predicted molar refractivity (Wildman–Crippen MR) is 67.0 cm³/mol. The highest BCUT2D eigenvalue weighted by molar-refractivity contribution is 5.97. The molecule has 0 aliphatic carbocycles. The molecule has 2 aromatic rings. The Bertz CT molecular complexity index is 618.